The van der Waals surface area contributed by atoms with E-state index in [1.165, 1.54) is 13.5 Å². The maximum atomic E-state index is 10.5. The van der Waals surface area contributed by atoms with Gasteiger partial charge in [-0.15, -0.1) is 0 Å². The van der Waals surface area contributed by atoms with Gasteiger partial charge >= 0.3 is 5.97 Å². The minimum Gasteiger partial charge on any atom is -0.520 e. The Morgan fingerprint density at radius 3 is 2.00 bits per heavy atom. The molecule has 0 aliphatic heterocycles. The summed E-state index contributed by atoms with van der Waals surface area (Å²) in [5.74, 6) is -1.09. The number of carbonyl (C=O) groups is 1. The summed E-state index contributed by atoms with van der Waals surface area (Å²) in [6, 6.07) is -0.771. The molecule has 0 aromatic rings. The molecule has 0 aliphatic carbocycles. The van der Waals surface area contributed by atoms with Gasteiger partial charge in [0.1, 0.15) is 6.04 Å². The standard InChI is InChI=1S/C7H12NO3.Fm/c1-5(2)6(7(10)11)8(3)4-9;/h5-6H,1-3H3,(H,10,11);/q-1;. The summed E-state index contributed by atoms with van der Waals surface area (Å²) in [5.41, 5.74) is 0. The molecule has 0 saturated carbocycles. The van der Waals surface area contributed by atoms with Gasteiger partial charge in [-0.2, -0.15) is 6.41 Å². The molecule has 0 heterocycles. The quantitative estimate of drug-likeness (QED) is 0.524. The van der Waals surface area contributed by atoms with Crippen LogP contribution in [0.15, 0.2) is 0 Å². The van der Waals surface area contributed by atoms with Crippen molar-refractivity contribution in [3.63, 3.8) is 0 Å². The Hall–Kier alpha value is -2.06. The fraction of sp³-hybridized carbons (Fsp3) is 0.714. The molecule has 0 aliphatic rings. The molecule has 0 aromatic heterocycles. The molecule has 1 amide bonds. The van der Waals surface area contributed by atoms with Crippen LogP contribution in [0, 0.1) is 5.92 Å². The maximum Gasteiger partial charge on any atom is 0.323 e. The first-order valence-corrected chi connectivity index (χ1v) is 3.34. The van der Waals surface area contributed by atoms with Crippen LogP contribution in [0.3, 0.4) is 0 Å². The van der Waals surface area contributed by atoms with E-state index in [-0.39, 0.29) is 5.92 Å². The van der Waals surface area contributed by atoms with Gasteiger partial charge in [0.15, 0.2) is 0 Å². The van der Waals surface area contributed by atoms with Crippen LogP contribution in [-0.2, 0) is 9.59 Å². The minimum atomic E-state index is -0.995. The van der Waals surface area contributed by atoms with Crippen molar-refractivity contribution in [3.05, 3.63) is 0 Å². The van der Waals surface area contributed by atoms with Crippen LogP contribution < -0.4 is 0 Å². The van der Waals surface area contributed by atoms with Crippen LogP contribution >= 0.6 is 0 Å². The molecule has 4 nitrogen and oxygen atoms in total. The third-order valence-electron chi connectivity index (χ3n) is 1.45. The molecule has 1 atom stereocenters. The molecule has 0 aromatic carbocycles. The molecule has 0 rings (SSSR count). The van der Waals surface area contributed by atoms with E-state index in [0.29, 0.717) is 0 Å². The summed E-state index contributed by atoms with van der Waals surface area (Å²) in [7, 11) is 1.41. The Morgan fingerprint density at radius 2 is 1.92 bits per heavy atom. The van der Waals surface area contributed by atoms with Crippen LogP contribution in [0.4, 0.5) is 0 Å². The van der Waals surface area contributed by atoms with Crippen molar-refractivity contribution in [3.8, 4) is 0 Å². The van der Waals surface area contributed by atoms with Crippen molar-refractivity contribution in [2.45, 2.75) is 19.9 Å². The van der Waals surface area contributed by atoms with Crippen molar-refractivity contribution >= 4 is 12.4 Å². The molecule has 0 saturated heterocycles. The third-order valence-corrected chi connectivity index (χ3v) is 1.45. The van der Waals surface area contributed by atoms with Gasteiger partial charge < -0.3 is 14.8 Å². The monoisotopic (exact) mass is 415 g/mol. The van der Waals surface area contributed by atoms with Crippen molar-refractivity contribution in [1.82, 2.24) is 4.90 Å². The van der Waals surface area contributed by atoms with Gasteiger partial charge in [-0.3, -0.25) is 4.79 Å². The minimum absolute atomic E-state index is 0. The van der Waals surface area contributed by atoms with Crippen LogP contribution in [0.1, 0.15) is 13.8 Å². The van der Waals surface area contributed by atoms with E-state index >= 15 is 0 Å². The van der Waals surface area contributed by atoms with Crippen molar-refractivity contribution < 1.29 is 14.7 Å². The summed E-state index contributed by atoms with van der Waals surface area (Å²) in [5, 5.41) is 8.62. The molecule has 0 spiro atoms. The predicted octanol–water partition coefficient (Wildman–Crippen LogP) is 0.0946. The van der Waals surface area contributed by atoms with Crippen molar-refractivity contribution in [2.75, 3.05) is 7.05 Å². The number of rotatable bonds is 4. The van der Waals surface area contributed by atoms with E-state index in [2.05, 4.69) is 0 Å². The van der Waals surface area contributed by atoms with Gasteiger partial charge in [-0.25, -0.2) is 0 Å². The Kier molecular flexibility index (Phi) is 4.95. The SMILES string of the molecule is CC(C)C(C(=O)O)N(C)[C-]=O.[Fm]. The van der Waals surface area contributed by atoms with Crippen LogP contribution in [-0.4, -0.2) is 35.5 Å². The number of likely N-dealkylation sites (N-methyl/N-ethyl adjacent to an activating group) is 1. The van der Waals surface area contributed by atoms with Gasteiger partial charge in [0.05, 0.1) is 0 Å². The fourth-order valence-corrected chi connectivity index (χ4v) is 0.955. The molecule has 0 bridgehead atoms. The molecule has 0 radical (unpaired) electrons. The number of carbonyl (C=O) groups excluding carboxylic acids is 1. The van der Waals surface area contributed by atoms with Crippen molar-refractivity contribution in [2.24, 2.45) is 5.92 Å². The van der Waals surface area contributed by atoms with Gasteiger partial charge in [-0.1, -0.05) is 13.8 Å². The Bertz CT molecular complexity index is 161. The second-order valence-corrected chi connectivity index (χ2v) is 2.73. The first-order chi connectivity index (χ1) is 5.00. The number of aliphatic carboxylic acids is 1. The van der Waals surface area contributed by atoms with E-state index in [1.807, 2.05) is 0 Å². The van der Waals surface area contributed by atoms with Crippen LogP contribution in [0.25, 0.3) is 0 Å². The number of hydrogen-bond donors (Lipinski definition) is 1. The van der Waals surface area contributed by atoms with Gasteiger partial charge in [0.25, 0.3) is 0 Å². The fourth-order valence-electron chi connectivity index (χ4n) is 0.955. The van der Waals surface area contributed by atoms with Crippen LogP contribution in [0.2, 0.25) is 0 Å². The first-order valence-electron chi connectivity index (χ1n) is 3.34. The number of amides is 1. The predicted molar refractivity (Wildman–Crippen MR) is 39.7 cm³/mol. The molecular formula is C7H12FmNO3-. The third kappa shape index (κ3) is 2.68. The summed E-state index contributed by atoms with van der Waals surface area (Å²) in [6.07, 6.45) is 1.53. The van der Waals surface area contributed by atoms with Crippen LogP contribution in [0.5, 0.6) is 0 Å². The summed E-state index contributed by atoms with van der Waals surface area (Å²) >= 11 is 0. The Morgan fingerprint density at radius 1 is 1.50 bits per heavy atom. The average Bonchev–Trinajstić information content (AvgIpc) is 1.85. The zero-order valence-corrected chi connectivity index (χ0v) is 9.56. The molecule has 0 fully saturated rings. The number of carboxylic acid groups (broad SMARTS) is 1. The number of carboxylic acids is 1. The first kappa shape index (κ1) is 12.6. The average molecular weight is 415 g/mol. The molecule has 76 valence electrons. The number of nitrogens with zero attached hydrogens (tertiary/aromatic N) is 1. The Balaban J connectivity index is 0. The van der Waals surface area contributed by atoms with E-state index in [1.54, 1.807) is 13.8 Å². The summed E-state index contributed by atoms with van der Waals surface area (Å²) in [4.78, 5) is 21.6. The largest absolute Gasteiger partial charge is 0.520 e. The van der Waals surface area contributed by atoms with E-state index < -0.39 is 12.0 Å². The molecule has 1 N–H and O–H groups in total. The van der Waals surface area contributed by atoms with Gasteiger partial charge in [-0.05, 0) is 13.0 Å². The summed E-state index contributed by atoms with van der Waals surface area (Å²) in [6.45, 7) is 3.49. The smallest absolute Gasteiger partial charge is 0.323 e. The zero-order chi connectivity index (χ0) is 9.02. The number of hydrogen-bond acceptors (Lipinski definition) is 2. The topological polar surface area (TPSA) is 57.6 Å². The maximum absolute atomic E-state index is 10.5. The van der Waals surface area contributed by atoms with Gasteiger partial charge in [0, 0.05) is 0 Å². The second kappa shape index (κ2) is 4.71. The van der Waals surface area contributed by atoms with E-state index in [9.17, 15) is 9.59 Å². The van der Waals surface area contributed by atoms with E-state index in [4.69, 9.17) is 5.11 Å². The summed E-state index contributed by atoms with van der Waals surface area (Å²) < 4.78 is 0. The molecule has 1 unspecified atom stereocenters. The molecular weight excluding hydrogens is 403 g/mol. The normalized spacial score (nSPS) is 11.7. The molecule has 5 heteroatoms. The van der Waals surface area contributed by atoms with E-state index in [0.717, 1.165) is 4.90 Å². The molecule has 12 heavy (non-hydrogen) atoms. The van der Waals surface area contributed by atoms with Gasteiger partial charge in [0.2, 0.25) is 0 Å². The van der Waals surface area contributed by atoms with Crippen molar-refractivity contribution in [1.29, 1.82) is 0 Å². The Labute approximate surface area is 65.8 Å². The second-order valence-electron chi connectivity index (χ2n) is 2.73. The zero-order valence-electron chi connectivity index (χ0n) is 7.15.